The van der Waals surface area contributed by atoms with E-state index in [4.69, 9.17) is 0 Å². The van der Waals surface area contributed by atoms with Gasteiger partial charge in [-0.15, -0.1) is 11.3 Å². The van der Waals surface area contributed by atoms with Crippen LogP contribution in [0.5, 0.6) is 0 Å². The molecule has 1 aliphatic rings. The van der Waals surface area contributed by atoms with Crippen molar-refractivity contribution in [1.29, 1.82) is 0 Å². The zero-order chi connectivity index (χ0) is 17.0. The molecule has 0 atom stereocenters. The maximum absolute atomic E-state index is 12.8. The lowest BCUT2D eigenvalue weighted by Gasteiger charge is -2.25. The first kappa shape index (κ1) is 17.1. The van der Waals surface area contributed by atoms with Crippen molar-refractivity contribution in [3.63, 3.8) is 0 Å². The Hall–Kier alpha value is -1.70. The molecule has 0 bridgehead atoms. The molecule has 1 amide bonds. The number of hydrogen-bond donors (Lipinski definition) is 1. The van der Waals surface area contributed by atoms with Gasteiger partial charge in [-0.3, -0.25) is 4.79 Å². The topological polar surface area (TPSA) is 66.5 Å². The molecule has 7 heteroatoms. The number of sulfonamides is 1. The van der Waals surface area contributed by atoms with Gasteiger partial charge in [-0.1, -0.05) is 36.8 Å². The number of hydrogen-bond acceptors (Lipinski definition) is 4. The van der Waals surface area contributed by atoms with E-state index in [0.717, 1.165) is 24.8 Å². The van der Waals surface area contributed by atoms with Crippen LogP contribution in [0.15, 0.2) is 46.7 Å². The first-order valence-corrected chi connectivity index (χ1v) is 10.3. The van der Waals surface area contributed by atoms with Crippen LogP contribution in [-0.2, 0) is 16.6 Å². The Balaban J connectivity index is 1.75. The van der Waals surface area contributed by atoms with E-state index in [2.05, 4.69) is 5.32 Å². The van der Waals surface area contributed by atoms with E-state index in [1.54, 1.807) is 5.38 Å². The molecule has 0 unspecified atom stereocenters. The van der Waals surface area contributed by atoms with Crippen molar-refractivity contribution < 1.29 is 13.2 Å². The number of benzene rings is 1. The van der Waals surface area contributed by atoms with Gasteiger partial charge in [-0.25, -0.2) is 8.42 Å². The van der Waals surface area contributed by atoms with Gasteiger partial charge in [0.1, 0.15) is 9.77 Å². The zero-order valence-electron chi connectivity index (χ0n) is 13.3. The third-order valence-electron chi connectivity index (χ3n) is 4.06. The maximum Gasteiger partial charge on any atom is 0.263 e. The molecule has 0 spiro atoms. The third kappa shape index (κ3) is 3.68. The average Bonchev–Trinajstić information content (AvgIpc) is 3.12. The summed E-state index contributed by atoms with van der Waals surface area (Å²) in [5.74, 6) is -0.343. The second kappa shape index (κ2) is 7.46. The van der Waals surface area contributed by atoms with Gasteiger partial charge >= 0.3 is 0 Å². The molecular formula is C17H20N2O3S2. The minimum absolute atomic E-state index is 0.125. The molecule has 2 heterocycles. The number of nitrogens with zero attached hydrogens (tertiary/aromatic N) is 1. The predicted octanol–water partition coefficient (Wildman–Crippen LogP) is 2.85. The second-order valence-electron chi connectivity index (χ2n) is 5.75. The van der Waals surface area contributed by atoms with Crippen molar-refractivity contribution in [2.75, 3.05) is 13.1 Å². The van der Waals surface area contributed by atoms with Crippen molar-refractivity contribution in [3.8, 4) is 0 Å². The highest BCUT2D eigenvalue weighted by molar-refractivity contribution is 7.89. The van der Waals surface area contributed by atoms with Gasteiger partial charge < -0.3 is 5.32 Å². The normalized spacial score (nSPS) is 16.0. The van der Waals surface area contributed by atoms with E-state index in [0.29, 0.717) is 19.6 Å². The summed E-state index contributed by atoms with van der Waals surface area (Å²) in [7, 11) is -3.59. The number of piperidine rings is 1. The van der Waals surface area contributed by atoms with Crippen molar-refractivity contribution >= 4 is 27.3 Å². The largest absolute Gasteiger partial charge is 0.347 e. The molecule has 2 aromatic rings. The maximum atomic E-state index is 12.8. The van der Waals surface area contributed by atoms with Crippen LogP contribution in [-0.4, -0.2) is 31.7 Å². The number of carbonyl (C=O) groups excluding carboxylic acids is 1. The quantitative estimate of drug-likeness (QED) is 0.887. The Labute approximate surface area is 146 Å². The van der Waals surface area contributed by atoms with E-state index in [9.17, 15) is 13.2 Å². The summed E-state index contributed by atoms with van der Waals surface area (Å²) in [6, 6.07) is 11.1. The summed E-state index contributed by atoms with van der Waals surface area (Å²) in [5, 5.41) is 4.47. The van der Waals surface area contributed by atoms with Crippen LogP contribution in [0.25, 0.3) is 0 Å². The van der Waals surface area contributed by atoms with Gasteiger partial charge in [0.15, 0.2) is 0 Å². The van der Waals surface area contributed by atoms with E-state index in [1.807, 2.05) is 30.3 Å². The Bertz CT molecular complexity index is 794. The molecule has 5 nitrogen and oxygen atoms in total. The molecule has 1 aliphatic heterocycles. The Morgan fingerprint density at radius 3 is 2.50 bits per heavy atom. The number of rotatable bonds is 5. The van der Waals surface area contributed by atoms with Crippen LogP contribution in [0.3, 0.4) is 0 Å². The molecule has 0 radical (unpaired) electrons. The zero-order valence-corrected chi connectivity index (χ0v) is 14.9. The minimum atomic E-state index is -3.59. The fraction of sp³-hybridized carbons (Fsp3) is 0.353. The van der Waals surface area contributed by atoms with Crippen molar-refractivity contribution in [2.45, 2.75) is 30.7 Å². The molecule has 1 aromatic carbocycles. The first-order valence-electron chi connectivity index (χ1n) is 7.99. The van der Waals surface area contributed by atoms with E-state index in [-0.39, 0.29) is 15.7 Å². The lowest BCUT2D eigenvalue weighted by atomic mass is 10.2. The molecule has 24 heavy (non-hydrogen) atoms. The number of carbonyl (C=O) groups is 1. The van der Waals surface area contributed by atoms with Gasteiger partial charge in [0, 0.05) is 19.6 Å². The molecule has 0 saturated carbocycles. The number of amides is 1. The molecular weight excluding hydrogens is 344 g/mol. The molecule has 1 fully saturated rings. The van der Waals surface area contributed by atoms with E-state index < -0.39 is 10.0 Å². The Morgan fingerprint density at radius 1 is 1.08 bits per heavy atom. The standard InChI is InChI=1S/C17H20N2O3S2/c20-17(18-13-14-7-3-1-4-8-14)16-15(9-12-23-16)24(21,22)19-10-5-2-6-11-19/h1,3-4,7-9,12H,2,5-6,10-11,13H2,(H,18,20). The highest BCUT2D eigenvalue weighted by atomic mass is 32.2. The van der Waals surface area contributed by atoms with Gasteiger partial charge in [0.05, 0.1) is 0 Å². The van der Waals surface area contributed by atoms with Crippen LogP contribution >= 0.6 is 11.3 Å². The SMILES string of the molecule is O=C(NCc1ccccc1)c1sccc1S(=O)(=O)N1CCCCC1. The van der Waals surface area contributed by atoms with Crippen molar-refractivity contribution in [2.24, 2.45) is 0 Å². The van der Waals surface area contributed by atoms with Crippen molar-refractivity contribution in [3.05, 3.63) is 52.2 Å². The summed E-state index contributed by atoms with van der Waals surface area (Å²) in [6.07, 6.45) is 2.80. The van der Waals surface area contributed by atoms with E-state index in [1.165, 1.54) is 21.7 Å². The smallest absolute Gasteiger partial charge is 0.263 e. The lowest BCUT2D eigenvalue weighted by molar-refractivity contribution is 0.0952. The summed E-state index contributed by atoms with van der Waals surface area (Å²) in [4.78, 5) is 12.8. The Kier molecular flexibility index (Phi) is 5.33. The predicted molar refractivity (Wildman–Crippen MR) is 94.5 cm³/mol. The van der Waals surface area contributed by atoms with Crippen LogP contribution in [0.4, 0.5) is 0 Å². The minimum Gasteiger partial charge on any atom is -0.347 e. The highest BCUT2D eigenvalue weighted by Crippen LogP contribution is 2.27. The van der Waals surface area contributed by atoms with Crippen LogP contribution in [0.1, 0.15) is 34.5 Å². The van der Waals surface area contributed by atoms with Gasteiger partial charge in [0.25, 0.3) is 5.91 Å². The fourth-order valence-corrected chi connectivity index (χ4v) is 5.60. The lowest BCUT2D eigenvalue weighted by Crippen LogP contribution is -2.36. The number of thiophene rings is 1. The third-order valence-corrected chi connectivity index (χ3v) is 7.05. The summed E-state index contributed by atoms with van der Waals surface area (Å²) in [6.45, 7) is 1.44. The van der Waals surface area contributed by atoms with Crippen LogP contribution < -0.4 is 5.32 Å². The first-order chi connectivity index (χ1) is 11.6. The van der Waals surface area contributed by atoms with Crippen LogP contribution in [0.2, 0.25) is 0 Å². The summed E-state index contributed by atoms with van der Waals surface area (Å²) >= 11 is 1.17. The Morgan fingerprint density at radius 2 is 1.79 bits per heavy atom. The van der Waals surface area contributed by atoms with E-state index >= 15 is 0 Å². The van der Waals surface area contributed by atoms with Gasteiger partial charge in [-0.2, -0.15) is 4.31 Å². The van der Waals surface area contributed by atoms with Gasteiger partial charge in [-0.05, 0) is 29.9 Å². The summed E-state index contributed by atoms with van der Waals surface area (Å²) in [5.41, 5.74) is 0.975. The molecule has 3 rings (SSSR count). The van der Waals surface area contributed by atoms with Crippen molar-refractivity contribution in [1.82, 2.24) is 9.62 Å². The van der Waals surface area contributed by atoms with Crippen LogP contribution in [0, 0.1) is 0 Å². The molecule has 1 N–H and O–H groups in total. The summed E-state index contributed by atoms with van der Waals surface area (Å²) < 4.78 is 27.1. The average molecular weight is 364 g/mol. The molecule has 1 aromatic heterocycles. The molecule has 1 saturated heterocycles. The second-order valence-corrected chi connectivity index (χ2v) is 8.57. The monoisotopic (exact) mass is 364 g/mol. The number of nitrogens with one attached hydrogen (secondary N) is 1. The fourth-order valence-electron chi connectivity index (χ4n) is 2.77. The molecule has 128 valence electrons. The highest BCUT2D eigenvalue weighted by Gasteiger charge is 2.30. The van der Waals surface area contributed by atoms with Gasteiger partial charge in [0.2, 0.25) is 10.0 Å². The molecule has 0 aliphatic carbocycles.